The summed E-state index contributed by atoms with van der Waals surface area (Å²) in [6.07, 6.45) is 0. The number of hydrogen-bond donors (Lipinski definition) is 1. The standard InChI is InChI=1S/C11H11ClIN3O2/c1-17-5-9(14)10-15-11(18-16-10)6-2-3-8(13)7(12)4-6/h2-4,9H,5,14H2,1H3. The zero-order chi connectivity index (χ0) is 13.1. The van der Waals surface area contributed by atoms with E-state index in [1.165, 1.54) is 0 Å². The van der Waals surface area contributed by atoms with Crippen LogP contribution < -0.4 is 5.73 Å². The highest BCUT2D eigenvalue weighted by Gasteiger charge is 2.15. The van der Waals surface area contributed by atoms with Crippen LogP contribution >= 0.6 is 34.2 Å². The van der Waals surface area contributed by atoms with Crippen molar-refractivity contribution in [2.45, 2.75) is 6.04 Å². The molecule has 18 heavy (non-hydrogen) atoms. The predicted molar refractivity (Wildman–Crippen MR) is 76.3 cm³/mol. The lowest BCUT2D eigenvalue weighted by atomic mass is 10.2. The van der Waals surface area contributed by atoms with Crippen LogP contribution in [0.1, 0.15) is 11.9 Å². The van der Waals surface area contributed by atoms with Gasteiger partial charge in [-0.15, -0.1) is 0 Å². The highest BCUT2D eigenvalue weighted by atomic mass is 127. The Morgan fingerprint density at radius 1 is 1.56 bits per heavy atom. The first-order chi connectivity index (χ1) is 8.61. The SMILES string of the molecule is COCC(N)c1noc(-c2ccc(I)c(Cl)c2)n1. The molecule has 0 saturated carbocycles. The largest absolute Gasteiger partial charge is 0.383 e. The Labute approximate surface area is 123 Å². The van der Waals surface area contributed by atoms with Crippen LogP contribution in [0.2, 0.25) is 5.02 Å². The molecule has 0 aliphatic heterocycles. The normalized spacial score (nSPS) is 12.7. The Kier molecular flexibility index (Phi) is 4.55. The molecule has 0 radical (unpaired) electrons. The fraction of sp³-hybridized carbons (Fsp3) is 0.273. The first-order valence-electron chi connectivity index (χ1n) is 5.15. The summed E-state index contributed by atoms with van der Waals surface area (Å²) in [5.41, 5.74) is 6.58. The van der Waals surface area contributed by atoms with E-state index in [0.29, 0.717) is 23.3 Å². The minimum absolute atomic E-state index is 0.340. The van der Waals surface area contributed by atoms with E-state index in [9.17, 15) is 0 Å². The molecule has 0 spiro atoms. The van der Waals surface area contributed by atoms with E-state index < -0.39 is 6.04 Å². The Balaban J connectivity index is 2.26. The van der Waals surface area contributed by atoms with Crippen molar-refractivity contribution in [3.05, 3.63) is 32.6 Å². The van der Waals surface area contributed by atoms with Crippen molar-refractivity contribution in [2.24, 2.45) is 5.73 Å². The van der Waals surface area contributed by atoms with Crippen molar-refractivity contribution >= 4 is 34.2 Å². The number of methoxy groups -OCH3 is 1. The molecular formula is C11H11ClIN3O2. The number of hydrogen-bond acceptors (Lipinski definition) is 5. The highest BCUT2D eigenvalue weighted by Crippen LogP contribution is 2.26. The average Bonchev–Trinajstić information content (AvgIpc) is 2.82. The van der Waals surface area contributed by atoms with Crippen LogP contribution in [0, 0.1) is 3.57 Å². The maximum Gasteiger partial charge on any atom is 0.258 e. The monoisotopic (exact) mass is 379 g/mol. The summed E-state index contributed by atoms with van der Waals surface area (Å²) in [4.78, 5) is 4.23. The minimum Gasteiger partial charge on any atom is -0.383 e. The molecule has 2 rings (SSSR count). The first-order valence-corrected chi connectivity index (χ1v) is 6.61. The molecule has 1 aromatic carbocycles. The van der Waals surface area contributed by atoms with Crippen molar-refractivity contribution in [2.75, 3.05) is 13.7 Å². The third-order valence-electron chi connectivity index (χ3n) is 2.29. The van der Waals surface area contributed by atoms with Gasteiger partial charge in [-0.25, -0.2) is 0 Å². The summed E-state index contributed by atoms with van der Waals surface area (Å²) in [5, 5.41) is 4.47. The molecule has 2 N–H and O–H groups in total. The molecule has 1 unspecified atom stereocenters. The number of aromatic nitrogens is 2. The van der Waals surface area contributed by atoms with E-state index in [1.54, 1.807) is 13.2 Å². The number of halogens is 2. The van der Waals surface area contributed by atoms with E-state index >= 15 is 0 Å². The highest BCUT2D eigenvalue weighted by molar-refractivity contribution is 14.1. The Bertz CT molecular complexity index is 547. The maximum atomic E-state index is 6.04. The molecule has 0 amide bonds. The number of ether oxygens (including phenoxy) is 1. The Morgan fingerprint density at radius 3 is 3.00 bits per heavy atom. The summed E-state index contributed by atoms with van der Waals surface area (Å²) in [5.74, 6) is 0.816. The van der Waals surface area contributed by atoms with Gasteiger partial charge in [-0.1, -0.05) is 16.8 Å². The van der Waals surface area contributed by atoms with Crippen LogP contribution in [-0.4, -0.2) is 23.9 Å². The lowest BCUT2D eigenvalue weighted by Gasteiger charge is -2.03. The second-order valence-electron chi connectivity index (χ2n) is 3.65. The molecule has 5 nitrogen and oxygen atoms in total. The van der Waals surface area contributed by atoms with Gasteiger partial charge in [0.15, 0.2) is 5.82 Å². The van der Waals surface area contributed by atoms with Gasteiger partial charge in [0.2, 0.25) is 0 Å². The second kappa shape index (κ2) is 5.96. The molecule has 1 heterocycles. The lowest BCUT2D eigenvalue weighted by Crippen LogP contribution is -2.17. The van der Waals surface area contributed by atoms with Gasteiger partial charge < -0.3 is 15.0 Å². The van der Waals surface area contributed by atoms with Gasteiger partial charge in [-0.2, -0.15) is 4.98 Å². The van der Waals surface area contributed by atoms with Gasteiger partial charge in [0.05, 0.1) is 17.7 Å². The summed E-state index contributed by atoms with van der Waals surface area (Å²) in [7, 11) is 1.57. The molecule has 1 aromatic heterocycles. The number of rotatable bonds is 4. The molecule has 7 heteroatoms. The van der Waals surface area contributed by atoms with Crippen LogP contribution in [-0.2, 0) is 4.74 Å². The summed E-state index contributed by atoms with van der Waals surface area (Å²) in [6, 6.07) is 5.14. The zero-order valence-electron chi connectivity index (χ0n) is 9.56. The first kappa shape index (κ1) is 13.7. The summed E-state index contributed by atoms with van der Waals surface area (Å²) >= 11 is 8.19. The lowest BCUT2D eigenvalue weighted by molar-refractivity contribution is 0.177. The molecule has 0 saturated heterocycles. The molecule has 0 aliphatic carbocycles. The van der Waals surface area contributed by atoms with Crippen LogP contribution in [0.15, 0.2) is 22.7 Å². The minimum atomic E-state index is -0.396. The maximum absolute atomic E-state index is 6.04. The predicted octanol–water partition coefficient (Wildman–Crippen LogP) is 2.64. The topological polar surface area (TPSA) is 74.2 Å². The third kappa shape index (κ3) is 3.00. The quantitative estimate of drug-likeness (QED) is 0.827. The second-order valence-corrected chi connectivity index (χ2v) is 5.22. The third-order valence-corrected chi connectivity index (χ3v) is 3.86. The van der Waals surface area contributed by atoms with Crippen LogP contribution in [0.3, 0.4) is 0 Å². The van der Waals surface area contributed by atoms with Crippen molar-refractivity contribution in [3.8, 4) is 11.5 Å². The number of benzene rings is 1. The Hall–Kier alpha value is -0.700. The van der Waals surface area contributed by atoms with E-state index in [2.05, 4.69) is 32.7 Å². The van der Waals surface area contributed by atoms with E-state index in [0.717, 1.165) is 9.13 Å². The smallest absolute Gasteiger partial charge is 0.258 e. The van der Waals surface area contributed by atoms with Crippen LogP contribution in [0.5, 0.6) is 0 Å². The van der Waals surface area contributed by atoms with E-state index in [-0.39, 0.29) is 0 Å². The Morgan fingerprint density at radius 2 is 2.33 bits per heavy atom. The zero-order valence-corrected chi connectivity index (χ0v) is 12.5. The molecule has 96 valence electrons. The molecule has 2 aromatic rings. The fourth-order valence-corrected chi connectivity index (χ4v) is 1.90. The van der Waals surface area contributed by atoms with E-state index in [1.807, 2.05) is 12.1 Å². The van der Waals surface area contributed by atoms with Gasteiger partial charge >= 0.3 is 0 Å². The van der Waals surface area contributed by atoms with Crippen molar-refractivity contribution in [1.29, 1.82) is 0 Å². The van der Waals surface area contributed by atoms with Crippen molar-refractivity contribution in [3.63, 3.8) is 0 Å². The number of nitrogens with two attached hydrogens (primary N) is 1. The van der Waals surface area contributed by atoms with Crippen molar-refractivity contribution < 1.29 is 9.26 Å². The number of nitrogens with zero attached hydrogens (tertiary/aromatic N) is 2. The molecular weight excluding hydrogens is 368 g/mol. The summed E-state index contributed by atoms with van der Waals surface area (Å²) < 4.78 is 11.1. The van der Waals surface area contributed by atoms with Gasteiger partial charge in [-0.3, -0.25) is 0 Å². The van der Waals surface area contributed by atoms with Gasteiger partial charge in [0.25, 0.3) is 5.89 Å². The van der Waals surface area contributed by atoms with Gasteiger partial charge in [0, 0.05) is 16.2 Å². The molecule has 0 bridgehead atoms. The fourth-order valence-electron chi connectivity index (χ4n) is 1.39. The molecule has 0 fully saturated rings. The van der Waals surface area contributed by atoms with Crippen LogP contribution in [0.4, 0.5) is 0 Å². The van der Waals surface area contributed by atoms with Crippen LogP contribution in [0.25, 0.3) is 11.5 Å². The van der Waals surface area contributed by atoms with Gasteiger partial charge in [-0.05, 0) is 40.8 Å². The molecule has 0 aliphatic rings. The van der Waals surface area contributed by atoms with Crippen molar-refractivity contribution in [1.82, 2.24) is 10.1 Å². The molecule has 1 atom stereocenters. The van der Waals surface area contributed by atoms with E-state index in [4.69, 9.17) is 26.6 Å². The average molecular weight is 380 g/mol. The van der Waals surface area contributed by atoms with Gasteiger partial charge in [0.1, 0.15) is 0 Å². The summed E-state index contributed by atoms with van der Waals surface area (Å²) in [6.45, 7) is 0.340.